The highest BCUT2D eigenvalue weighted by molar-refractivity contribution is 5.83. The van der Waals surface area contributed by atoms with Crippen molar-refractivity contribution in [3.05, 3.63) is 25.3 Å². The van der Waals surface area contributed by atoms with Gasteiger partial charge in [0.1, 0.15) is 29.3 Å². The molecule has 2 fully saturated rings. The summed E-state index contributed by atoms with van der Waals surface area (Å²) in [5.74, 6) is 2.97. The molecular formula is C27H40N12O2. The van der Waals surface area contributed by atoms with E-state index in [1.165, 1.54) is 0 Å². The smallest absolute Gasteiger partial charge is 0.407 e. The van der Waals surface area contributed by atoms with Crippen LogP contribution in [0, 0.1) is 11.8 Å². The molecule has 5 N–H and O–H groups in total. The van der Waals surface area contributed by atoms with Crippen molar-refractivity contribution >= 4 is 40.1 Å². The van der Waals surface area contributed by atoms with Crippen LogP contribution in [-0.4, -0.2) is 90.8 Å². The molecule has 14 nitrogen and oxygen atoms in total. The van der Waals surface area contributed by atoms with Gasteiger partial charge in [0.25, 0.3) is 0 Å². The fraction of sp³-hybridized carbons (Fsp3) is 0.593. The number of nitrogens with two attached hydrogens (primary N) is 1. The predicted molar refractivity (Wildman–Crippen MR) is 157 cm³/mol. The molecule has 0 atom stereocenters. The van der Waals surface area contributed by atoms with Gasteiger partial charge in [-0.2, -0.15) is 0 Å². The normalized spacial score (nSPS) is 17.0. The lowest BCUT2D eigenvalue weighted by molar-refractivity contribution is 0.0516. The van der Waals surface area contributed by atoms with Crippen molar-refractivity contribution < 1.29 is 9.53 Å². The quantitative estimate of drug-likeness (QED) is 0.280. The number of rotatable bonds is 5. The standard InChI is InChI=1S/C16H24N6O2.C11H16N6/c1-16(2,3)24-15(23)17-8-11-4-6-22(7-5-11)14-12-13(19-9-18-12)20-10-21-14;12-5-8-1-3-17(4-2-8)11-9-10(14-6-13-9)15-7-16-11/h9-11H,4-8H2,1-3H3,(H,17,23)(H,18,19,20,21);6-8H,1-5,12H2,(H,13,14,15,16). The van der Waals surface area contributed by atoms with Crippen molar-refractivity contribution in [2.75, 3.05) is 49.1 Å². The number of H-pyrrole nitrogens is 2. The monoisotopic (exact) mass is 564 g/mol. The number of fused-ring (bicyclic) bond motifs is 2. The number of carbonyl (C=O) groups excluding carboxylic acids is 1. The Bertz CT molecular complexity index is 1410. The van der Waals surface area contributed by atoms with Gasteiger partial charge in [-0.15, -0.1) is 0 Å². The fourth-order valence-corrected chi connectivity index (χ4v) is 5.26. The molecule has 14 heteroatoms. The van der Waals surface area contributed by atoms with E-state index in [-0.39, 0.29) is 6.09 Å². The number of anilines is 2. The number of piperidine rings is 2. The third-order valence-electron chi connectivity index (χ3n) is 7.50. The fourth-order valence-electron chi connectivity index (χ4n) is 5.26. The maximum atomic E-state index is 11.7. The molecule has 0 radical (unpaired) electrons. The summed E-state index contributed by atoms with van der Waals surface area (Å²) in [7, 11) is 0. The van der Waals surface area contributed by atoms with Crippen molar-refractivity contribution in [2.45, 2.75) is 52.1 Å². The number of aromatic nitrogens is 8. The van der Waals surface area contributed by atoms with Gasteiger partial charge in [-0.25, -0.2) is 34.7 Å². The first-order chi connectivity index (χ1) is 19.8. The van der Waals surface area contributed by atoms with Crippen molar-refractivity contribution in [3.63, 3.8) is 0 Å². The highest BCUT2D eigenvalue weighted by Gasteiger charge is 2.24. The minimum Gasteiger partial charge on any atom is -0.444 e. The molecule has 0 aliphatic carbocycles. The van der Waals surface area contributed by atoms with Gasteiger partial charge in [0.2, 0.25) is 0 Å². The Morgan fingerprint density at radius 3 is 1.80 bits per heavy atom. The second kappa shape index (κ2) is 12.6. The van der Waals surface area contributed by atoms with E-state index in [4.69, 9.17) is 10.5 Å². The SMILES string of the molecule is CC(C)(C)OC(=O)NCC1CCN(c2ncnc3nc[nH]c23)CC1.NCC1CCN(c2ncnc3nc[nH]c23)CC1. The Morgan fingerprint density at radius 2 is 1.34 bits per heavy atom. The highest BCUT2D eigenvalue weighted by atomic mass is 16.6. The van der Waals surface area contributed by atoms with Crippen LogP contribution in [0.15, 0.2) is 25.3 Å². The van der Waals surface area contributed by atoms with Gasteiger partial charge in [0, 0.05) is 32.7 Å². The van der Waals surface area contributed by atoms with Crippen LogP contribution in [0.4, 0.5) is 16.4 Å². The number of imidazole rings is 2. The summed E-state index contributed by atoms with van der Waals surface area (Å²) in [4.78, 5) is 47.8. The number of nitrogens with zero attached hydrogens (tertiary/aromatic N) is 8. The van der Waals surface area contributed by atoms with Gasteiger partial charge in [-0.05, 0) is 64.8 Å². The molecule has 1 amide bonds. The van der Waals surface area contributed by atoms with Crippen molar-refractivity contribution in [2.24, 2.45) is 17.6 Å². The van der Waals surface area contributed by atoms with Crippen LogP contribution < -0.4 is 20.9 Å². The van der Waals surface area contributed by atoms with E-state index in [2.05, 4.69) is 55.0 Å². The molecule has 2 saturated heterocycles. The van der Waals surface area contributed by atoms with Crippen LogP contribution in [-0.2, 0) is 4.74 Å². The Balaban J connectivity index is 0.000000174. The molecule has 0 aromatic carbocycles. The van der Waals surface area contributed by atoms with E-state index >= 15 is 0 Å². The number of hydrogen-bond acceptors (Lipinski definition) is 11. The van der Waals surface area contributed by atoms with Gasteiger partial charge in [0.15, 0.2) is 22.9 Å². The first kappa shape index (κ1) is 28.5. The minimum atomic E-state index is -0.462. The minimum absolute atomic E-state index is 0.347. The van der Waals surface area contributed by atoms with E-state index < -0.39 is 5.60 Å². The molecule has 4 aromatic heterocycles. The zero-order valence-corrected chi connectivity index (χ0v) is 24.0. The van der Waals surface area contributed by atoms with Gasteiger partial charge < -0.3 is 35.6 Å². The Hall–Kier alpha value is -4.07. The maximum absolute atomic E-state index is 11.7. The van der Waals surface area contributed by atoms with Crippen molar-refractivity contribution in [1.82, 2.24) is 45.2 Å². The van der Waals surface area contributed by atoms with E-state index in [0.717, 1.165) is 86.7 Å². The molecule has 0 bridgehead atoms. The third kappa shape index (κ3) is 7.17. The summed E-state index contributed by atoms with van der Waals surface area (Å²) in [5, 5.41) is 2.87. The van der Waals surface area contributed by atoms with Gasteiger partial charge in [0.05, 0.1) is 12.7 Å². The number of carbonyl (C=O) groups is 1. The van der Waals surface area contributed by atoms with Crippen molar-refractivity contribution in [3.8, 4) is 0 Å². The van der Waals surface area contributed by atoms with E-state index in [0.29, 0.717) is 24.0 Å². The van der Waals surface area contributed by atoms with Crippen LogP contribution in [0.3, 0.4) is 0 Å². The lowest BCUT2D eigenvalue weighted by atomic mass is 9.97. The lowest BCUT2D eigenvalue weighted by Gasteiger charge is -2.33. The highest BCUT2D eigenvalue weighted by Crippen LogP contribution is 2.26. The number of hydrogen-bond donors (Lipinski definition) is 4. The molecule has 220 valence electrons. The predicted octanol–water partition coefficient (Wildman–Crippen LogP) is 2.62. The summed E-state index contributed by atoms with van der Waals surface area (Å²) in [6.45, 7) is 10.8. The zero-order chi connectivity index (χ0) is 28.8. The van der Waals surface area contributed by atoms with Gasteiger partial charge in [-0.3, -0.25) is 0 Å². The van der Waals surface area contributed by atoms with Crippen LogP contribution in [0.25, 0.3) is 22.3 Å². The summed E-state index contributed by atoms with van der Waals surface area (Å²) in [6, 6.07) is 0. The average molecular weight is 565 g/mol. The molecule has 0 saturated carbocycles. The van der Waals surface area contributed by atoms with Gasteiger partial charge in [-0.1, -0.05) is 0 Å². The number of alkyl carbamates (subject to hydrolysis) is 1. The first-order valence-electron chi connectivity index (χ1n) is 14.3. The summed E-state index contributed by atoms with van der Waals surface area (Å²) in [5.41, 5.74) is 8.47. The zero-order valence-electron chi connectivity index (χ0n) is 24.0. The number of ether oxygens (including phenoxy) is 1. The van der Waals surface area contributed by atoms with E-state index in [9.17, 15) is 4.79 Å². The van der Waals surface area contributed by atoms with E-state index in [1.54, 1.807) is 25.3 Å². The molecular weight excluding hydrogens is 524 g/mol. The number of amides is 1. The first-order valence-corrected chi connectivity index (χ1v) is 14.3. The van der Waals surface area contributed by atoms with E-state index in [1.807, 2.05) is 20.8 Å². The molecule has 0 spiro atoms. The number of nitrogens with one attached hydrogen (secondary N) is 3. The Labute approximate surface area is 238 Å². The summed E-state index contributed by atoms with van der Waals surface area (Å²) < 4.78 is 5.27. The second-order valence-electron chi connectivity index (χ2n) is 11.6. The molecule has 2 aliphatic rings. The van der Waals surface area contributed by atoms with Gasteiger partial charge >= 0.3 is 6.09 Å². The maximum Gasteiger partial charge on any atom is 0.407 e. The number of aromatic amines is 2. The largest absolute Gasteiger partial charge is 0.444 e. The van der Waals surface area contributed by atoms with Crippen LogP contribution in [0.2, 0.25) is 0 Å². The molecule has 6 rings (SSSR count). The molecule has 4 aromatic rings. The topological polar surface area (TPSA) is 180 Å². The molecule has 0 unspecified atom stereocenters. The summed E-state index contributed by atoms with van der Waals surface area (Å²) >= 11 is 0. The lowest BCUT2D eigenvalue weighted by Crippen LogP contribution is -2.40. The van der Waals surface area contributed by atoms with Crippen LogP contribution >= 0.6 is 0 Å². The van der Waals surface area contributed by atoms with Crippen LogP contribution in [0.5, 0.6) is 0 Å². The van der Waals surface area contributed by atoms with Crippen molar-refractivity contribution in [1.29, 1.82) is 0 Å². The Morgan fingerprint density at radius 1 is 0.854 bits per heavy atom. The molecule has 6 heterocycles. The Kier molecular flexibility index (Phi) is 8.76. The molecule has 2 aliphatic heterocycles. The van der Waals surface area contributed by atoms with Crippen LogP contribution in [0.1, 0.15) is 46.5 Å². The third-order valence-corrected chi connectivity index (χ3v) is 7.50. The summed E-state index contributed by atoms with van der Waals surface area (Å²) in [6.07, 6.45) is 10.3. The molecule has 41 heavy (non-hydrogen) atoms. The second-order valence-corrected chi connectivity index (χ2v) is 11.6. The average Bonchev–Trinajstić information content (AvgIpc) is 3.66.